The minimum absolute atomic E-state index is 0.144. The Bertz CT molecular complexity index is 647. The van der Waals surface area contributed by atoms with Crippen LogP contribution in [0.25, 0.3) is 0 Å². The second-order valence-corrected chi connectivity index (χ2v) is 6.73. The molecule has 122 valence electrons. The van der Waals surface area contributed by atoms with Gasteiger partial charge in [-0.05, 0) is 24.6 Å². The van der Waals surface area contributed by atoms with Crippen LogP contribution < -0.4 is 24.8 Å². The van der Waals surface area contributed by atoms with Crippen LogP contribution in [-0.2, 0) is 10.0 Å². The first-order chi connectivity index (χ1) is 10.3. The molecule has 1 heterocycles. The summed E-state index contributed by atoms with van der Waals surface area (Å²) in [5.74, 6) is 1.34. The van der Waals surface area contributed by atoms with Gasteiger partial charge in [0, 0.05) is 13.1 Å². The van der Waals surface area contributed by atoms with Gasteiger partial charge in [-0.15, -0.1) is 0 Å². The van der Waals surface area contributed by atoms with Gasteiger partial charge in [0.2, 0.25) is 16.8 Å². The highest BCUT2D eigenvalue weighted by Gasteiger charge is 2.16. The fourth-order valence-electron chi connectivity index (χ4n) is 1.93. The normalized spacial score (nSPS) is 14.5. The molecular formula is C13H19N3O5S. The minimum atomic E-state index is -3.24. The molecule has 2 amide bonds. The molecule has 1 atom stereocenters. The van der Waals surface area contributed by atoms with E-state index in [1.165, 1.54) is 0 Å². The quantitative estimate of drug-likeness (QED) is 0.652. The van der Waals surface area contributed by atoms with Crippen LogP contribution >= 0.6 is 0 Å². The van der Waals surface area contributed by atoms with Gasteiger partial charge in [-0.2, -0.15) is 0 Å². The van der Waals surface area contributed by atoms with Crippen molar-refractivity contribution in [3.05, 3.63) is 23.8 Å². The summed E-state index contributed by atoms with van der Waals surface area (Å²) in [6.45, 7) is 2.39. The first kappa shape index (κ1) is 16.4. The van der Waals surface area contributed by atoms with Crippen molar-refractivity contribution < 1.29 is 22.7 Å². The van der Waals surface area contributed by atoms with Crippen LogP contribution in [0.3, 0.4) is 0 Å². The van der Waals surface area contributed by atoms with Crippen molar-refractivity contribution in [2.75, 3.05) is 26.1 Å². The van der Waals surface area contributed by atoms with Gasteiger partial charge in [-0.3, -0.25) is 0 Å². The molecule has 0 saturated carbocycles. The lowest BCUT2D eigenvalue weighted by Gasteiger charge is -2.15. The maximum absolute atomic E-state index is 11.7. The third kappa shape index (κ3) is 4.78. The predicted octanol–water partition coefficient (Wildman–Crippen LogP) is 0.325. The second-order valence-electron chi connectivity index (χ2n) is 4.90. The van der Waals surface area contributed by atoms with Gasteiger partial charge in [0.1, 0.15) is 0 Å². The fourth-order valence-corrected chi connectivity index (χ4v) is 2.40. The summed E-state index contributed by atoms with van der Waals surface area (Å²) in [6, 6.07) is 4.87. The highest BCUT2D eigenvalue weighted by molar-refractivity contribution is 7.88. The van der Waals surface area contributed by atoms with E-state index in [-0.39, 0.29) is 32.0 Å². The van der Waals surface area contributed by atoms with Gasteiger partial charge in [-0.1, -0.05) is 6.07 Å². The van der Waals surface area contributed by atoms with Crippen molar-refractivity contribution in [3.63, 3.8) is 0 Å². The van der Waals surface area contributed by atoms with Crippen molar-refractivity contribution in [2.45, 2.75) is 13.0 Å². The SMILES string of the molecule is C[C@H](NC(=O)NCCNS(C)(=O)=O)c1ccc2c(c1)OCO2. The number of carbonyl (C=O) groups excluding carboxylic acids is 1. The smallest absolute Gasteiger partial charge is 0.315 e. The van der Waals surface area contributed by atoms with E-state index in [2.05, 4.69) is 15.4 Å². The number of carbonyl (C=O) groups is 1. The number of rotatable bonds is 6. The number of sulfonamides is 1. The molecule has 3 N–H and O–H groups in total. The molecule has 0 spiro atoms. The Kier molecular flexibility index (Phi) is 5.09. The van der Waals surface area contributed by atoms with E-state index >= 15 is 0 Å². The summed E-state index contributed by atoms with van der Waals surface area (Å²) >= 11 is 0. The molecule has 0 unspecified atom stereocenters. The Labute approximate surface area is 129 Å². The van der Waals surface area contributed by atoms with Gasteiger partial charge in [0.15, 0.2) is 11.5 Å². The molecule has 8 nitrogen and oxygen atoms in total. The summed E-state index contributed by atoms with van der Waals surface area (Å²) in [6.07, 6.45) is 1.06. The molecule has 9 heteroatoms. The monoisotopic (exact) mass is 329 g/mol. The molecule has 0 fully saturated rings. The van der Waals surface area contributed by atoms with E-state index in [0.717, 1.165) is 11.8 Å². The number of urea groups is 1. The van der Waals surface area contributed by atoms with Crippen molar-refractivity contribution in [1.82, 2.24) is 15.4 Å². The van der Waals surface area contributed by atoms with E-state index in [0.29, 0.717) is 11.5 Å². The highest BCUT2D eigenvalue weighted by atomic mass is 32.2. The summed E-state index contributed by atoms with van der Waals surface area (Å²) in [5.41, 5.74) is 0.883. The maximum atomic E-state index is 11.7. The summed E-state index contributed by atoms with van der Waals surface area (Å²) in [4.78, 5) is 11.7. The van der Waals surface area contributed by atoms with Crippen LogP contribution in [0.4, 0.5) is 4.79 Å². The van der Waals surface area contributed by atoms with Gasteiger partial charge in [-0.25, -0.2) is 17.9 Å². The van der Waals surface area contributed by atoms with Crippen LogP contribution in [0.5, 0.6) is 11.5 Å². The molecule has 1 aromatic rings. The zero-order valence-electron chi connectivity index (χ0n) is 12.4. The average molecular weight is 329 g/mol. The minimum Gasteiger partial charge on any atom is -0.454 e. The average Bonchev–Trinajstić information content (AvgIpc) is 2.89. The zero-order valence-corrected chi connectivity index (χ0v) is 13.2. The number of ether oxygens (including phenoxy) is 2. The van der Waals surface area contributed by atoms with E-state index in [4.69, 9.17) is 9.47 Å². The summed E-state index contributed by atoms with van der Waals surface area (Å²) in [5, 5.41) is 5.34. The molecule has 0 bridgehead atoms. The molecule has 1 aliphatic rings. The molecule has 0 aromatic heterocycles. The van der Waals surface area contributed by atoms with Crippen molar-refractivity contribution in [3.8, 4) is 11.5 Å². The van der Waals surface area contributed by atoms with Crippen LogP contribution in [0, 0.1) is 0 Å². The summed E-state index contributed by atoms with van der Waals surface area (Å²) in [7, 11) is -3.24. The number of hydrogen-bond donors (Lipinski definition) is 3. The number of amides is 2. The van der Waals surface area contributed by atoms with E-state index in [9.17, 15) is 13.2 Å². The van der Waals surface area contributed by atoms with E-state index in [1.54, 1.807) is 6.07 Å². The molecule has 1 aromatic carbocycles. The number of benzene rings is 1. The third-order valence-corrected chi connectivity index (χ3v) is 3.75. The molecule has 2 rings (SSSR count). The van der Waals surface area contributed by atoms with Crippen LogP contribution in [0.2, 0.25) is 0 Å². The molecular weight excluding hydrogens is 310 g/mol. The predicted molar refractivity (Wildman–Crippen MR) is 80.4 cm³/mol. The standard InChI is InChI=1S/C13H19N3O5S/c1-9(10-3-4-11-12(7-10)21-8-20-11)16-13(17)14-5-6-15-22(2,18)19/h3-4,7,9,15H,5-6,8H2,1-2H3,(H2,14,16,17)/t9-/m0/s1. The van der Waals surface area contributed by atoms with E-state index < -0.39 is 10.0 Å². The Hall–Kier alpha value is -2.00. The van der Waals surface area contributed by atoms with Gasteiger partial charge < -0.3 is 20.1 Å². The highest BCUT2D eigenvalue weighted by Crippen LogP contribution is 2.34. The van der Waals surface area contributed by atoms with Gasteiger partial charge in [0.05, 0.1) is 12.3 Å². The Morgan fingerprint density at radius 1 is 1.27 bits per heavy atom. The Morgan fingerprint density at radius 3 is 2.73 bits per heavy atom. The van der Waals surface area contributed by atoms with Crippen LogP contribution in [-0.4, -0.2) is 40.6 Å². The lowest BCUT2D eigenvalue weighted by atomic mass is 10.1. The first-order valence-corrected chi connectivity index (χ1v) is 8.63. The Balaban J connectivity index is 1.79. The molecule has 0 aliphatic carbocycles. The lowest BCUT2D eigenvalue weighted by molar-refractivity contribution is 0.174. The number of nitrogens with one attached hydrogen (secondary N) is 3. The summed E-state index contributed by atoms with van der Waals surface area (Å²) < 4.78 is 34.5. The molecule has 0 saturated heterocycles. The number of hydrogen-bond acceptors (Lipinski definition) is 5. The molecule has 0 radical (unpaired) electrons. The Morgan fingerprint density at radius 2 is 2.00 bits per heavy atom. The number of fused-ring (bicyclic) bond motifs is 1. The van der Waals surface area contributed by atoms with Gasteiger partial charge in [0.25, 0.3) is 0 Å². The fraction of sp³-hybridized carbons (Fsp3) is 0.462. The van der Waals surface area contributed by atoms with Crippen LogP contribution in [0.1, 0.15) is 18.5 Å². The van der Waals surface area contributed by atoms with E-state index in [1.807, 2.05) is 19.1 Å². The van der Waals surface area contributed by atoms with Gasteiger partial charge >= 0.3 is 6.03 Å². The van der Waals surface area contributed by atoms with Crippen molar-refractivity contribution in [1.29, 1.82) is 0 Å². The lowest BCUT2D eigenvalue weighted by Crippen LogP contribution is -2.41. The second kappa shape index (κ2) is 6.84. The topological polar surface area (TPSA) is 106 Å². The van der Waals surface area contributed by atoms with Crippen molar-refractivity contribution in [2.24, 2.45) is 0 Å². The third-order valence-electron chi connectivity index (χ3n) is 3.02. The molecule has 22 heavy (non-hydrogen) atoms. The molecule has 1 aliphatic heterocycles. The largest absolute Gasteiger partial charge is 0.454 e. The zero-order chi connectivity index (χ0) is 16.2. The van der Waals surface area contributed by atoms with Crippen molar-refractivity contribution >= 4 is 16.1 Å². The first-order valence-electron chi connectivity index (χ1n) is 6.74. The maximum Gasteiger partial charge on any atom is 0.315 e. The van der Waals surface area contributed by atoms with Crippen LogP contribution in [0.15, 0.2) is 18.2 Å².